The van der Waals surface area contributed by atoms with Crippen molar-refractivity contribution in [2.45, 2.75) is 12.3 Å². The summed E-state index contributed by atoms with van der Waals surface area (Å²) in [4.78, 5) is 0. The fourth-order valence-corrected chi connectivity index (χ4v) is 1.81. The maximum Gasteiger partial charge on any atom is 0.0178 e. The molecule has 2 rings (SSSR count). The fraction of sp³-hybridized carbons (Fsp3) is 0.300. The molecule has 1 heteroatoms. The van der Waals surface area contributed by atoms with Crippen molar-refractivity contribution in [3.8, 4) is 0 Å². The van der Waals surface area contributed by atoms with Crippen LogP contribution in [-0.2, 0) is 0 Å². The van der Waals surface area contributed by atoms with Crippen LogP contribution in [0.15, 0.2) is 28.7 Å². The minimum atomic E-state index is 0.657. The molecule has 0 aromatic heterocycles. The van der Waals surface area contributed by atoms with E-state index in [9.17, 15) is 0 Å². The van der Waals surface area contributed by atoms with E-state index in [-0.39, 0.29) is 0 Å². The van der Waals surface area contributed by atoms with Gasteiger partial charge in [0.2, 0.25) is 0 Å². The van der Waals surface area contributed by atoms with E-state index >= 15 is 0 Å². The molecule has 1 aliphatic carbocycles. The van der Waals surface area contributed by atoms with Gasteiger partial charge < -0.3 is 0 Å². The number of hydrogen-bond donors (Lipinski definition) is 0. The highest BCUT2D eigenvalue weighted by molar-refractivity contribution is 9.10. The molecule has 1 aromatic rings. The first kappa shape index (κ1) is 7.35. The van der Waals surface area contributed by atoms with Crippen molar-refractivity contribution in [1.82, 2.24) is 0 Å². The molecule has 1 aromatic carbocycles. The third kappa shape index (κ3) is 1.48. The Balaban J connectivity index is 2.25. The molecule has 1 aliphatic rings. The highest BCUT2D eigenvalue weighted by Gasteiger charge is 2.33. The maximum absolute atomic E-state index is 4.02. The first-order valence-electron chi connectivity index (χ1n) is 3.86. The molecule has 0 aliphatic heterocycles. The molecule has 11 heavy (non-hydrogen) atoms. The summed E-state index contributed by atoms with van der Waals surface area (Å²) < 4.78 is 1.18. The van der Waals surface area contributed by atoms with E-state index < -0.39 is 0 Å². The first-order chi connectivity index (χ1) is 5.27. The molecule has 0 saturated heterocycles. The summed E-state index contributed by atoms with van der Waals surface area (Å²) in [6, 6.07) is 8.52. The fourth-order valence-electron chi connectivity index (χ4n) is 1.39. The second-order valence-corrected chi connectivity index (χ2v) is 4.07. The summed E-state index contributed by atoms with van der Waals surface area (Å²) in [5.41, 5.74) is 1.43. The van der Waals surface area contributed by atoms with E-state index in [4.69, 9.17) is 0 Å². The molecule has 0 bridgehead atoms. The average Bonchev–Trinajstić information content (AvgIpc) is 2.67. The molecule has 2 unspecified atom stereocenters. The summed E-state index contributed by atoms with van der Waals surface area (Å²) >= 11 is 3.46. The largest absolute Gasteiger partial charge is 0.0609 e. The molecule has 0 amide bonds. The predicted octanol–water partition coefficient (Wildman–Crippen LogP) is 3.39. The summed E-state index contributed by atoms with van der Waals surface area (Å²) in [6.07, 6.45) is 1.26. The van der Waals surface area contributed by atoms with Gasteiger partial charge in [-0.3, -0.25) is 0 Å². The van der Waals surface area contributed by atoms with Gasteiger partial charge in [0.1, 0.15) is 0 Å². The molecule has 0 heterocycles. The van der Waals surface area contributed by atoms with Gasteiger partial charge >= 0.3 is 0 Å². The molecule has 0 N–H and O–H groups in total. The zero-order valence-electron chi connectivity index (χ0n) is 6.26. The minimum absolute atomic E-state index is 0.657. The topological polar surface area (TPSA) is 0 Å². The third-order valence-electron chi connectivity index (χ3n) is 2.20. The van der Waals surface area contributed by atoms with Gasteiger partial charge in [-0.15, -0.1) is 0 Å². The average molecular weight is 210 g/mol. The van der Waals surface area contributed by atoms with Crippen LogP contribution in [0.3, 0.4) is 0 Å². The van der Waals surface area contributed by atoms with Crippen LogP contribution in [0.1, 0.15) is 17.9 Å². The quantitative estimate of drug-likeness (QED) is 0.666. The molecule has 0 nitrogen and oxygen atoms in total. The van der Waals surface area contributed by atoms with Crippen molar-refractivity contribution < 1.29 is 0 Å². The van der Waals surface area contributed by atoms with Gasteiger partial charge in [-0.2, -0.15) is 0 Å². The third-order valence-corrected chi connectivity index (χ3v) is 2.69. The molecule has 1 fully saturated rings. The Labute approximate surface area is 75.8 Å². The monoisotopic (exact) mass is 209 g/mol. The Hall–Kier alpha value is -0.300. The predicted molar refractivity (Wildman–Crippen MR) is 50.3 cm³/mol. The lowest BCUT2D eigenvalue weighted by Crippen LogP contribution is -1.79. The Morgan fingerprint density at radius 2 is 2.18 bits per heavy atom. The van der Waals surface area contributed by atoms with Gasteiger partial charge in [0.25, 0.3) is 0 Å². The van der Waals surface area contributed by atoms with Gasteiger partial charge in [-0.05, 0) is 42.9 Å². The zero-order valence-corrected chi connectivity index (χ0v) is 7.84. The standard InChI is InChI=1S/C10H10Br/c1-7-5-10(7)8-3-2-4-9(11)6-8/h2-4,6-7,10H,1,5H2. The van der Waals surface area contributed by atoms with Crippen LogP contribution in [0.4, 0.5) is 0 Å². The van der Waals surface area contributed by atoms with E-state index in [1.54, 1.807) is 0 Å². The Bertz CT molecular complexity index is 267. The van der Waals surface area contributed by atoms with Crippen LogP contribution in [0, 0.1) is 12.8 Å². The van der Waals surface area contributed by atoms with Crippen molar-refractivity contribution in [3.05, 3.63) is 41.2 Å². The summed E-state index contributed by atoms with van der Waals surface area (Å²) in [5, 5.41) is 0. The summed E-state index contributed by atoms with van der Waals surface area (Å²) in [5.74, 6) is 1.39. The molecular formula is C10H10Br. The smallest absolute Gasteiger partial charge is 0.0178 e. The number of halogens is 1. The molecule has 1 radical (unpaired) electrons. The Morgan fingerprint density at radius 3 is 2.73 bits per heavy atom. The number of hydrogen-bond acceptors (Lipinski definition) is 0. The second kappa shape index (κ2) is 2.63. The Kier molecular flexibility index (Phi) is 1.76. The first-order valence-corrected chi connectivity index (χ1v) is 4.65. The zero-order chi connectivity index (χ0) is 7.84. The van der Waals surface area contributed by atoms with Crippen LogP contribution in [-0.4, -0.2) is 0 Å². The van der Waals surface area contributed by atoms with Crippen molar-refractivity contribution in [3.63, 3.8) is 0 Å². The van der Waals surface area contributed by atoms with Crippen molar-refractivity contribution in [2.24, 2.45) is 5.92 Å². The molecule has 57 valence electrons. The van der Waals surface area contributed by atoms with E-state index in [1.807, 2.05) is 0 Å². The van der Waals surface area contributed by atoms with Crippen molar-refractivity contribution in [2.75, 3.05) is 0 Å². The minimum Gasteiger partial charge on any atom is -0.0609 e. The van der Waals surface area contributed by atoms with Gasteiger partial charge in [-0.25, -0.2) is 0 Å². The van der Waals surface area contributed by atoms with Crippen LogP contribution in [0.5, 0.6) is 0 Å². The number of rotatable bonds is 1. The van der Waals surface area contributed by atoms with Crippen molar-refractivity contribution in [1.29, 1.82) is 0 Å². The van der Waals surface area contributed by atoms with Crippen molar-refractivity contribution >= 4 is 15.9 Å². The highest BCUT2D eigenvalue weighted by atomic mass is 79.9. The van der Waals surface area contributed by atoms with E-state index in [0.717, 1.165) is 5.92 Å². The lowest BCUT2D eigenvalue weighted by molar-refractivity contribution is 1.01. The van der Waals surface area contributed by atoms with E-state index in [2.05, 4.69) is 47.1 Å². The SMILES string of the molecule is [CH2]C1CC1c1cccc(Br)c1. The maximum atomic E-state index is 4.02. The van der Waals surface area contributed by atoms with Crippen LogP contribution >= 0.6 is 15.9 Å². The lowest BCUT2D eigenvalue weighted by Gasteiger charge is -1.97. The Morgan fingerprint density at radius 1 is 1.45 bits per heavy atom. The highest BCUT2D eigenvalue weighted by Crippen LogP contribution is 2.46. The normalized spacial score (nSPS) is 28.5. The summed E-state index contributed by atoms with van der Waals surface area (Å²) in [6.45, 7) is 4.02. The van der Waals surface area contributed by atoms with Gasteiger partial charge in [0.05, 0.1) is 0 Å². The second-order valence-electron chi connectivity index (χ2n) is 3.16. The number of benzene rings is 1. The van der Waals surface area contributed by atoms with Crippen LogP contribution in [0.25, 0.3) is 0 Å². The molecule has 0 spiro atoms. The van der Waals surface area contributed by atoms with Gasteiger partial charge in [0, 0.05) is 4.47 Å². The van der Waals surface area contributed by atoms with Crippen LogP contribution in [0.2, 0.25) is 0 Å². The van der Waals surface area contributed by atoms with E-state index in [0.29, 0.717) is 5.92 Å². The molecular weight excluding hydrogens is 200 g/mol. The van der Waals surface area contributed by atoms with Gasteiger partial charge in [-0.1, -0.05) is 28.1 Å². The lowest BCUT2D eigenvalue weighted by atomic mass is 10.1. The van der Waals surface area contributed by atoms with E-state index in [1.165, 1.54) is 16.5 Å². The van der Waals surface area contributed by atoms with Crippen LogP contribution < -0.4 is 0 Å². The molecule has 1 saturated carbocycles. The molecule has 2 atom stereocenters. The van der Waals surface area contributed by atoms with Gasteiger partial charge in [0.15, 0.2) is 0 Å². The summed E-state index contributed by atoms with van der Waals surface area (Å²) in [7, 11) is 0.